The maximum Gasteiger partial charge on any atom is 0.310 e. The van der Waals surface area contributed by atoms with Crippen molar-refractivity contribution in [2.45, 2.75) is 45.4 Å². The summed E-state index contributed by atoms with van der Waals surface area (Å²) in [6, 6.07) is 0. The lowest BCUT2D eigenvalue weighted by Gasteiger charge is -2.19. The van der Waals surface area contributed by atoms with E-state index in [0.717, 1.165) is 25.7 Å². The molecule has 1 N–H and O–H groups in total. The Balaban J connectivity index is 2.62. The SMILES string of the molecule is CCCC(C(=O)O)C1=CCCCC1. The Labute approximate surface area is 79.6 Å². The van der Waals surface area contributed by atoms with Crippen molar-refractivity contribution in [3.8, 4) is 0 Å². The fraction of sp³-hybridized carbons (Fsp3) is 0.727. The average molecular weight is 182 g/mol. The molecule has 0 aromatic rings. The van der Waals surface area contributed by atoms with Crippen LogP contribution in [0.5, 0.6) is 0 Å². The van der Waals surface area contributed by atoms with Gasteiger partial charge in [-0.15, -0.1) is 0 Å². The van der Waals surface area contributed by atoms with E-state index >= 15 is 0 Å². The Kier molecular flexibility index (Phi) is 4.00. The zero-order valence-corrected chi connectivity index (χ0v) is 8.25. The van der Waals surface area contributed by atoms with Crippen LogP contribution in [0.25, 0.3) is 0 Å². The summed E-state index contributed by atoms with van der Waals surface area (Å²) in [5, 5.41) is 9.02. The fourth-order valence-corrected chi connectivity index (χ4v) is 1.94. The minimum atomic E-state index is -0.644. The molecule has 0 aromatic carbocycles. The first-order chi connectivity index (χ1) is 6.25. The molecule has 0 spiro atoms. The Bertz CT molecular complexity index is 206. The van der Waals surface area contributed by atoms with Crippen LogP contribution in [0.4, 0.5) is 0 Å². The molecule has 0 amide bonds. The first-order valence-corrected chi connectivity index (χ1v) is 5.17. The highest BCUT2D eigenvalue weighted by Crippen LogP contribution is 2.27. The second-order valence-corrected chi connectivity index (χ2v) is 3.70. The Hall–Kier alpha value is -0.790. The minimum Gasteiger partial charge on any atom is -0.481 e. The van der Waals surface area contributed by atoms with Gasteiger partial charge in [-0.05, 0) is 32.1 Å². The minimum absolute atomic E-state index is 0.203. The number of hydrogen-bond donors (Lipinski definition) is 1. The topological polar surface area (TPSA) is 37.3 Å². The third-order valence-corrected chi connectivity index (χ3v) is 2.65. The number of carbonyl (C=O) groups is 1. The molecule has 0 saturated carbocycles. The van der Waals surface area contributed by atoms with Crippen LogP contribution in [0.1, 0.15) is 45.4 Å². The van der Waals surface area contributed by atoms with Crippen molar-refractivity contribution >= 4 is 5.97 Å². The molecule has 0 aromatic heterocycles. The summed E-state index contributed by atoms with van der Waals surface area (Å²) >= 11 is 0. The van der Waals surface area contributed by atoms with E-state index in [0.29, 0.717) is 0 Å². The molecule has 2 nitrogen and oxygen atoms in total. The molecule has 1 unspecified atom stereocenters. The van der Waals surface area contributed by atoms with Crippen LogP contribution in [-0.4, -0.2) is 11.1 Å². The van der Waals surface area contributed by atoms with E-state index in [1.54, 1.807) is 0 Å². The van der Waals surface area contributed by atoms with Crippen molar-refractivity contribution in [3.05, 3.63) is 11.6 Å². The van der Waals surface area contributed by atoms with Crippen molar-refractivity contribution < 1.29 is 9.90 Å². The van der Waals surface area contributed by atoms with Crippen molar-refractivity contribution in [1.29, 1.82) is 0 Å². The third kappa shape index (κ3) is 2.87. The second-order valence-electron chi connectivity index (χ2n) is 3.70. The number of rotatable bonds is 4. The average Bonchev–Trinajstić information content (AvgIpc) is 2.15. The normalized spacial score (nSPS) is 19.3. The van der Waals surface area contributed by atoms with Crippen molar-refractivity contribution in [2.75, 3.05) is 0 Å². The number of aliphatic carboxylic acids is 1. The van der Waals surface area contributed by atoms with E-state index in [2.05, 4.69) is 6.08 Å². The van der Waals surface area contributed by atoms with Crippen molar-refractivity contribution in [2.24, 2.45) is 5.92 Å². The molecule has 1 aliphatic rings. The van der Waals surface area contributed by atoms with Gasteiger partial charge in [0.1, 0.15) is 0 Å². The lowest BCUT2D eigenvalue weighted by molar-refractivity contribution is -0.140. The monoisotopic (exact) mass is 182 g/mol. The molecule has 0 saturated heterocycles. The zero-order chi connectivity index (χ0) is 9.68. The smallest absolute Gasteiger partial charge is 0.310 e. The van der Waals surface area contributed by atoms with Gasteiger partial charge in [0, 0.05) is 0 Å². The highest BCUT2D eigenvalue weighted by molar-refractivity contribution is 5.73. The van der Waals surface area contributed by atoms with Gasteiger partial charge in [0.15, 0.2) is 0 Å². The molecule has 2 heteroatoms. The van der Waals surface area contributed by atoms with Gasteiger partial charge < -0.3 is 5.11 Å². The van der Waals surface area contributed by atoms with Gasteiger partial charge in [-0.1, -0.05) is 25.0 Å². The summed E-state index contributed by atoms with van der Waals surface area (Å²) in [7, 11) is 0. The molecule has 1 rings (SSSR count). The fourth-order valence-electron chi connectivity index (χ4n) is 1.94. The van der Waals surface area contributed by atoms with Crippen LogP contribution in [0.3, 0.4) is 0 Å². The summed E-state index contributed by atoms with van der Waals surface area (Å²) in [6.45, 7) is 2.04. The number of carboxylic acids is 1. The van der Waals surface area contributed by atoms with Gasteiger partial charge in [0.2, 0.25) is 0 Å². The number of hydrogen-bond acceptors (Lipinski definition) is 1. The van der Waals surface area contributed by atoms with Crippen LogP contribution in [0.15, 0.2) is 11.6 Å². The largest absolute Gasteiger partial charge is 0.481 e. The molecule has 1 aliphatic carbocycles. The maximum absolute atomic E-state index is 10.9. The zero-order valence-electron chi connectivity index (χ0n) is 8.25. The molecule has 13 heavy (non-hydrogen) atoms. The lowest BCUT2D eigenvalue weighted by Crippen LogP contribution is -2.17. The van der Waals surface area contributed by atoms with Gasteiger partial charge in [-0.3, -0.25) is 4.79 Å². The van der Waals surface area contributed by atoms with Gasteiger partial charge in [0.25, 0.3) is 0 Å². The van der Waals surface area contributed by atoms with Gasteiger partial charge in [0.05, 0.1) is 5.92 Å². The summed E-state index contributed by atoms with van der Waals surface area (Å²) in [5.74, 6) is -0.847. The molecule has 0 bridgehead atoms. The second kappa shape index (κ2) is 5.05. The highest BCUT2D eigenvalue weighted by atomic mass is 16.4. The van der Waals surface area contributed by atoms with E-state index in [4.69, 9.17) is 5.11 Å². The third-order valence-electron chi connectivity index (χ3n) is 2.65. The summed E-state index contributed by atoms with van der Waals surface area (Å²) in [6.07, 6.45) is 8.34. The maximum atomic E-state index is 10.9. The van der Waals surface area contributed by atoms with E-state index in [1.807, 2.05) is 6.92 Å². The van der Waals surface area contributed by atoms with Gasteiger partial charge in [-0.25, -0.2) is 0 Å². The van der Waals surface area contributed by atoms with Crippen LogP contribution < -0.4 is 0 Å². The standard InChI is InChI=1S/C11H18O2/c1-2-6-10(11(12)13)9-7-4-3-5-8-9/h7,10H,2-6,8H2,1H3,(H,12,13). The molecular formula is C11H18O2. The molecular weight excluding hydrogens is 164 g/mol. The Morgan fingerprint density at radius 2 is 2.38 bits per heavy atom. The molecule has 0 fully saturated rings. The predicted octanol–water partition coefficient (Wildman–Crippen LogP) is 2.99. The van der Waals surface area contributed by atoms with E-state index in [1.165, 1.54) is 18.4 Å². The summed E-state index contributed by atoms with van der Waals surface area (Å²) in [4.78, 5) is 10.9. The molecule has 0 radical (unpaired) electrons. The highest BCUT2D eigenvalue weighted by Gasteiger charge is 2.21. The van der Waals surface area contributed by atoms with Crippen molar-refractivity contribution in [1.82, 2.24) is 0 Å². The summed E-state index contributed by atoms with van der Waals surface area (Å²) in [5.41, 5.74) is 1.17. The van der Waals surface area contributed by atoms with Crippen LogP contribution in [0.2, 0.25) is 0 Å². The van der Waals surface area contributed by atoms with E-state index in [-0.39, 0.29) is 5.92 Å². The Morgan fingerprint density at radius 1 is 1.62 bits per heavy atom. The molecule has 0 aliphatic heterocycles. The van der Waals surface area contributed by atoms with Crippen LogP contribution in [0, 0.1) is 5.92 Å². The van der Waals surface area contributed by atoms with Gasteiger partial charge >= 0.3 is 5.97 Å². The Morgan fingerprint density at radius 3 is 2.85 bits per heavy atom. The first kappa shape index (κ1) is 10.3. The molecule has 0 heterocycles. The van der Waals surface area contributed by atoms with Crippen molar-refractivity contribution in [3.63, 3.8) is 0 Å². The summed E-state index contributed by atoms with van der Waals surface area (Å²) < 4.78 is 0. The first-order valence-electron chi connectivity index (χ1n) is 5.17. The molecule has 1 atom stereocenters. The number of allylic oxidation sites excluding steroid dienone is 1. The van der Waals surface area contributed by atoms with E-state index in [9.17, 15) is 4.79 Å². The predicted molar refractivity (Wildman–Crippen MR) is 52.6 cm³/mol. The van der Waals surface area contributed by atoms with Crippen LogP contribution in [-0.2, 0) is 4.79 Å². The van der Waals surface area contributed by atoms with Crippen LogP contribution >= 0.6 is 0 Å². The number of carboxylic acid groups (broad SMARTS) is 1. The quantitative estimate of drug-likeness (QED) is 0.678. The van der Waals surface area contributed by atoms with Gasteiger partial charge in [-0.2, -0.15) is 0 Å². The lowest BCUT2D eigenvalue weighted by atomic mass is 9.86. The van der Waals surface area contributed by atoms with E-state index < -0.39 is 5.97 Å². The molecule has 74 valence electrons.